The van der Waals surface area contributed by atoms with Gasteiger partial charge in [-0.2, -0.15) is 8.42 Å². The second kappa shape index (κ2) is 9.11. The molecule has 2 heterocycles. The van der Waals surface area contributed by atoms with Crippen molar-refractivity contribution >= 4 is 22.0 Å². The van der Waals surface area contributed by atoms with Gasteiger partial charge in [0, 0.05) is 18.3 Å². The van der Waals surface area contributed by atoms with E-state index in [2.05, 4.69) is 9.97 Å². The Hall–Kier alpha value is -2.52. The molecule has 0 aromatic carbocycles. The van der Waals surface area contributed by atoms with Crippen molar-refractivity contribution in [2.24, 2.45) is 0 Å². The SMILES string of the molecule is CC(C)(C)OC(=O)N(Cc1ccccn1)c1cccc(CCOS(C)(=O)=O)n1. The number of carbonyl (C=O) groups excluding carboxylic acids is 1. The number of amides is 1. The summed E-state index contributed by atoms with van der Waals surface area (Å²) in [5.41, 5.74) is 0.608. The average molecular weight is 407 g/mol. The Balaban J connectivity index is 2.24. The van der Waals surface area contributed by atoms with Crippen LogP contribution in [0.4, 0.5) is 10.6 Å². The van der Waals surface area contributed by atoms with Crippen molar-refractivity contribution in [1.29, 1.82) is 0 Å². The molecule has 9 heteroatoms. The molecule has 0 aliphatic carbocycles. The van der Waals surface area contributed by atoms with Gasteiger partial charge in [-0.3, -0.25) is 14.1 Å². The summed E-state index contributed by atoms with van der Waals surface area (Å²) in [5.74, 6) is 0.386. The lowest BCUT2D eigenvalue weighted by molar-refractivity contribution is 0.0576. The van der Waals surface area contributed by atoms with Gasteiger partial charge in [0.05, 0.1) is 25.1 Å². The van der Waals surface area contributed by atoms with Crippen LogP contribution < -0.4 is 4.90 Å². The number of carbonyl (C=O) groups is 1. The topological polar surface area (TPSA) is 98.7 Å². The molecule has 0 saturated carbocycles. The molecule has 152 valence electrons. The van der Waals surface area contributed by atoms with Crippen LogP contribution in [-0.2, 0) is 32.0 Å². The molecule has 8 nitrogen and oxygen atoms in total. The molecule has 0 N–H and O–H groups in total. The van der Waals surface area contributed by atoms with Crippen LogP contribution >= 0.6 is 0 Å². The first-order valence-electron chi connectivity index (χ1n) is 8.74. The largest absolute Gasteiger partial charge is 0.443 e. The van der Waals surface area contributed by atoms with E-state index in [4.69, 9.17) is 8.92 Å². The molecule has 0 aliphatic rings. The van der Waals surface area contributed by atoms with E-state index in [1.807, 2.05) is 6.07 Å². The summed E-state index contributed by atoms with van der Waals surface area (Å²) in [6.07, 6.45) is 2.38. The normalized spacial score (nSPS) is 11.9. The van der Waals surface area contributed by atoms with Crippen LogP contribution in [0.25, 0.3) is 0 Å². The first kappa shape index (κ1) is 21.8. The monoisotopic (exact) mass is 407 g/mol. The third kappa shape index (κ3) is 7.61. The number of hydrogen-bond donors (Lipinski definition) is 0. The minimum atomic E-state index is -3.52. The number of ether oxygens (including phenoxy) is 1. The van der Waals surface area contributed by atoms with Crippen molar-refractivity contribution in [3.63, 3.8) is 0 Å². The Morgan fingerprint density at radius 1 is 1.11 bits per heavy atom. The highest BCUT2D eigenvalue weighted by atomic mass is 32.2. The molecule has 28 heavy (non-hydrogen) atoms. The molecule has 0 fully saturated rings. The van der Waals surface area contributed by atoms with Crippen LogP contribution in [0.5, 0.6) is 0 Å². The van der Waals surface area contributed by atoms with E-state index < -0.39 is 21.8 Å². The molecule has 2 aromatic heterocycles. The smallest absolute Gasteiger partial charge is 0.416 e. The lowest BCUT2D eigenvalue weighted by Crippen LogP contribution is -2.37. The van der Waals surface area contributed by atoms with Crippen LogP contribution in [0.15, 0.2) is 42.6 Å². The van der Waals surface area contributed by atoms with Gasteiger partial charge in [-0.15, -0.1) is 0 Å². The van der Waals surface area contributed by atoms with Crippen molar-refractivity contribution in [1.82, 2.24) is 9.97 Å². The van der Waals surface area contributed by atoms with E-state index >= 15 is 0 Å². The lowest BCUT2D eigenvalue weighted by Gasteiger charge is -2.26. The van der Waals surface area contributed by atoms with Gasteiger partial charge in [0.2, 0.25) is 0 Å². The Morgan fingerprint density at radius 2 is 1.82 bits per heavy atom. The van der Waals surface area contributed by atoms with E-state index in [1.54, 1.807) is 57.3 Å². The number of anilines is 1. The van der Waals surface area contributed by atoms with E-state index in [0.29, 0.717) is 17.2 Å². The van der Waals surface area contributed by atoms with Crippen LogP contribution in [0.2, 0.25) is 0 Å². The highest BCUT2D eigenvalue weighted by molar-refractivity contribution is 7.85. The molecule has 0 unspecified atom stereocenters. The molecule has 0 bridgehead atoms. The zero-order chi connectivity index (χ0) is 20.8. The van der Waals surface area contributed by atoms with Crippen molar-refractivity contribution in [3.8, 4) is 0 Å². The fourth-order valence-corrected chi connectivity index (χ4v) is 2.65. The van der Waals surface area contributed by atoms with Gasteiger partial charge in [-0.1, -0.05) is 12.1 Å². The second-order valence-electron chi connectivity index (χ2n) is 7.15. The molecule has 2 aromatic rings. The minimum absolute atomic E-state index is 0.0258. The Kier molecular flexibility index (Phi) is 7.09. The maximum absolute atomic E-state index is 12.8. The Bertz CT molecular complexity index is 895. The standard InChI is InChI=1S/C19H25N3O5S/c1-19(2,3)27-18(23)22(14-16-8-5-6-12-20-16)17-10-7-9-15(21-17)11-13-26-28(4,24)25/h5-10,12H,11,13-14H2,1-4H3. The minimum Gasteiger partial charge on any atom is -0.443 e. The second-order valence-corrected chi connectivity index (χ2v) is 8.79. The van der Waals surface area contributed by atoms with Gasteiger partial charge in [-0.25, -0.2) is 9.78 Å². The molecule has 0 saturated heterocycles. The summed E-state index contributed by atoms with van der Waals surface area (Å²) in [4.78, 5) is 22.9. The zero-order valence-corrected chi connectivity index (χ0v) is 17.3. The van der Waals surface area contributed by atoms with Crippen LogP contribution in [0.3, 0.4) is 0 Å². The fourth-order valence-electron chi connectivity index (χ4n) is 2.26. The summed E-state index contributed by atoms with van der Waals surface area (Å²) < 4.78 is 32.5. The highest BCUT2D eigenvalue weighted by Gasteiger charge is 2.25. The zero-order valence-electron chi connectivity index (χ0n) is 16.5. The van der Waals surface area contributed by atoms with E-state index in [1.165, 1.54) is 4.90 Å². The van der Waals surface area contributed by atoms with E-state index in [0.717, 1.165) is 6.26 Å². The number of rotatable bonds is 7. The van der Waals surface area contributed by atoms with Crippen LogP contribution in [-0.4, -0.2) is 42.9 Å². The molecule has 1 amide bonds. The lowest BCUT2D eigenvalue weighted by atomic mass is 10.2. The van der Waals surface area contributed by atoms with Crippen LogP contribution in [0, 0.1) is 0 Å². The van der Waals surface area contributed by atoms with Gasteiger partial charge in [0.25, 0.3) is 10.1 Å². The van der Waals surface area contributed by atoms with Gasteiger partial charge in [0.1, 0.15) is 11.4 Å². The molecule has 0 aliphatic heterocycles. The molecule has 0 spiro atoms. The van der Waals surface area contributed by atoms with Crippen molar-refractivity contribution in [2.45, 2.75) is 39.3 Å². The third-order valence-corrected chi connectivity index (χ3v) is 3.98. The Morgan fingerprint density at radius 3 is 2.43 bits per heavy atom. The fraction of sp³-hybridized carbons (Fsp3) is 0.421. The summed E-state index contributed by atoms with van der Waals surface area (Å²) in [7, 11) is -3.52. The van der Waals surface area contributed by atoms with Gasteiger partial charge >= 0.3 is 6.09 Å². The summed E-state index contributed by atoms with van der Waals surface area (Å²) >= 11 is 0. The van der Waals surface area contributed by atoms with E-state index in [9.17, 15) is 13.2 Å². The predicted molar refractivity (Wildman–Crippen MR) is 105 cm³/mol. The molecule has 0 atom stereocenters. The average Bonchev–Trinajstić information content (AvgIpc) is 2.58. The van der Waals surface area contributed by atoms with Gasteiger partial charge in [-0.05, 0) is 45.0 Å². The maximum Gasteiger partial charge on any atom is 0.416 e. The van der Waals surface area contributed by atoms with Crippen molar-refractivity contribution < 1.29 is 22.1 Å². The predicted octanol–water partition coefficient (Wildman–Crippen LogP) is 2.94. The quantitative estimate of drug-likeness (QED) is 0.651. The van der Waals surface area contributed by atoms with Gasteiger partial charge < -0.3 is 4.74 Å². The number of pyridine rings is 2. The molecular weight excluding hydrogens is 382 g/mol. The Labute approximate surface area is 165 Å². The van der Waals surface area contributed by atoms with Crippen molar-refractivity contribution in [3.05, 3.63) is 54.0 Å². The van der Waals surface area contributed by atoms with E-state index in [-0.39, 0.29) is 19.6 Å². The highest BCUT2D eigenvalue weighted by Crippen LogP contribution is 2.19. The number of aromatic nitrogens is 2. The summed E-state index contributed by atoms with van der Waals surface area (Å²) in [6, 6.07) is 10.6. The number of nitrogens with zero attached hydrogens (tertiary/aromatic N) is 3. The first-order chi connectivity index (χ1) is 13.0. The molecule has 0 radical (unpaired) electrons. The third-order valence-electron chi connectivity index (χ3n) is 3.38. The summed E-state index contributed by atoms with van der Waals surface area (Å²) in [6.45, 7) is 5.52. The molecule has 2 rings (SSSR count). The number of hydrogen-bond acceptors (Lipinski definition) is 7. The summed E-state index contributed by atoms with van der Waals surface area (Å²) in [5, 5.41) is 0. The van der Waals surface area contributed by atoms with Crippen LogP contribution in [0.1, 0.15) is 32.2 Å². The maximum atomic E-state index is 12.8. The first-order valence-corrected chi connectivity index (χ1v) is 10.6. The van der Waals surface area contributed by atoms with Crippen molar-refractivity contribution in [2.75, 3.05) is 17.8 Å². The van der Waals surface area contributed by atoms with Gasteiger partial charge in [0.15, 0.2) is 0 Å². The molecular formula is C19H25N3O5S.